The van der Waals surface area contributed by atoms with Crippen molar-refractivity contribution < 1.29 is 10.2 Å². The fourth-order valence-corrected chi connectivity index (χ4v) is 1.31. The first-order valence-corrected chi connectivity index (χ1v) is 4.33. The Kier molecular flexibility index (Phi) is 5.73. The Morgan fingerprint density at radius 1 is 1.50 bits per heavy atom. The molecule has 0 aromatic rings. The molecule has 0 heterocycles. The topological polar surface area (TPSA) is 40.5 Å². The Labute approximate surface area is 74.2 Å². The molecule has 0 bridgehead atoms. The molecule has 0 saturated heterocycles. The molecule has 2 N–H and O–H groups in total. The fourth-order valence-electron chi connectivity index (χ4n) is 1.31. The Morgan fingerprint density at radius 2 is 2.08 bits per heavy atom. The smallest absolute Gasteiger partial charge is 0.0633 e. The van der Waals surface area contributed by atoms with Crippen molar-refractivity contribution in [3.05, 3.63) is 18.4 Å². The highest BCUT2D eigenvalue weighted by atomic mass is 16.3. The Bertz CT molecular complexity index is 157. The van der Waals surface area contributed by atoms with Crippen LogP contribution in [0.5, 0.6) is 0 Å². The summed E-state index contributed by atoms with van der Waals surface area (Å²) in [7, 11) is 0. The molecular formula is C10H18O2. The van der Waals surface area contributed by atoms with E-state index >= 15 is 0 Å². The summed E-state index contributed by atoms with van der Waals surface area (Å²) >= 11 is 0. The summed E-state index contributed by atoms with van der Waals surface area (Å²) in [5.74, 6) is -0.0467. The van der Waals surface area contributed by atoms with Crippen LogP contribution in [0.4, 0.5) is 0 Å². The number of aliphatic hydroxyl groups is 2. The lowest BCUT2D eigenvalue weighted by molar-refractivity contribution is 0.0216. The van der Waals surface area contributed by atoms with Crippen LogP contribution in [0.3, 0.4) is 0 Å². The number of aliphatic hydroxyl groups excluding tert-OH is 2. The van der Waals surface area contributed by atoms with E-state index in [1.54, 1.807) is 13.0 Å². The predicted octanol–water partition coefficient (Wildman–Crippen LogP) is 1.49. The molecule has 2 nitrogen and oxygen atoms in total. The molecule has 0 saturated carbocycles. The van der Waals surface area contributed by atoms with Crippen LogP contribution in [0, 0.1) is 5.92 Å². The molecule has 70 valence electrons. The van der Waals surface area contributed by atoms with Gasteiger partial charge in [-0.1, -0.05) is 13.5 Å². The molecule has 0 fully saturated rings. The zero-order valence-electron chi connectivity index (χ0n) is 7.83. The van der Waals surface area contributed by atoms with Gasteiger partial charge in [-0.05, 0) is 25.8 Å². The van der Waals surface area contributed by atoms with E-state index in [0.29, 0.717) is 6.42 Å². The molecule has 3 unspecified atom stereocenters. The van der Waals surface area contributed by atoms with E-state index in [4.69, 9.17) is 0 Å². The quantitative estimate of drug-likeness (QED) is 0.614. The third-order valence-electron chi connectivity index (χ3n) is 2.09. The minimum Gasteiger partial charge on any atom is -0.393 e. The zero-order chi connectivity index (χ0) is 9.56. The minimum absolute atomic E-state index is 0.0467. The van der Waals surface area contributed by atoms with E-state index < -0.39 is 12.2 Å². The Hall–Kier alpha value is -0.560. The van der Waals surface area contributed by atoms with Gasteiger partial charge >= 0.3 is 0 Å². The van der Waals surface area contributed by atoms with Gasteiger partial charge < -0.3 is 10.2 Å². The van der Waals surface area contributed by atoms with Crippen LogP contribution < -0.4 is 0 Å². The molecule has 0 aliphatic rings. The first-order chi connectivity index (χ1) is 5.63. The second-order valence-electron chi connectivity index (χ2n) is 3.02. The molecule has 0 radical (unpaired) electrons. The summed E-state index contributed by atoms with van der Waals surface area (Å²) in [5.41, 5.74) is 2.60. The van der Waals surface area contributed by atoms with Crippen LogP contribution in [-0.4, -0.2) is 22.4 Å². The Morgan fingerprint density at radius 3 is 2.42 bits per heavy atom. The van der Waals surface area contributed by atoms with Crippen molar-refractivity contribution in [2.45, 2.75) is 38.9 Å². The maximum atomic E-state index is 9.55. The monoisotopic (exact) mass is 170 g/mol. The number of hydrogen-bond donors (Lipinski definition) is 2. The molecule has 0 amide bonds. The second kappa shape index (κ2) is 6.01. The summed E-state index contributed by atoms with van der Waals surface area (Å²) in [6.45, 7) is 7.07. The predicted molar refractivity (Wildman–Crippen MR) is 49.8 cm³/mol. The molecule has 2 heteroatoms. The van der Waals surface area contributed by atoms with Crippen molar-refractivity contribution in [1.29, 1.82) is 0 Å². The van der Waals surface area contributed by atoms with Crippen molar-refractivity contribution in [2.75, 3.05) is 0 Å². The molecule has 12 heavy (non-hydrogen) atoms. The fraction of sp³-hybridized carbons (Fsp3) is 0.700. The lowest BCUT2D eigenvalue weighted by Crippen LogP contribution is -2.28. The molecule has 0 aliphatic carbocycles. The van der Waals surface area contributed by atoms with Crippen LogP contribution in [0.25, 0.3) is 0 Å². The Balaban J connectivity index is 4.01. The molecule has 3 atom stereocenters. The van der Waals surface area contributed by atoms with Gasteiger partial charge in [0.05, 0.1) is 12.2 Å². The first-order valence-electron chi connectivity index (χ1n) is 4.33. The summed E-state index contributed by atoms with van der Waals surface area (Å²) < 4.78 is 0. The van der Waals surface area contributed by atoms with E-state index in [0.717, 1.165) is 6.42 Å². The van der Waals surface area contributed by atoms with Gasteiger partial charge in [-0.15, -0.1) is 5.73 Å². The van der Waals surface area contributed by atoms with Gasteiger partial charge in [-0.3, -0.25) is 0 Å². The molecular weight excluding hydrogens is 152 g/mol. The summed E-state index contributed by atoms with van der Waals surface area (Å²) in [6.07, 6.45) is 2.05. The molecule has 0 aromatic carbocycles. The van der Waals surface area contributed by atoms with Crippen LogP contribution in [-0.2, 0) is 0 Å². The normalized spacial score (nSPS) is 17.7. The van der Waals surface area contributed by atoms with Crippen LogP contribution >= 0.6 is 0 Å². The average Bonchev–Trinajstić information content (AvgIpc) is 2.01. The lowest BCUT2D eigenvalue weighted by atomic mass is 9.92. The van der Waals surface area contributed by atoms with Crippen molar-refractivity contribution in [3.63, 3.8) is 0 Å². The van der Waals surface area contributed by atoms with Gasteiger partial charge in [0.25, 0.3) is 0 Å². The van der Waals surface area contributed by atoms with E-state index in [1.165, 1.54) is 0 Å². The third kappa shape index (κ3) is 3.72. The van der Waals surface area contributed by atoms with Crippen LogP contribution in [0.2, 0.25) is 0 Å². The third-order valence-corrected chi connectivity index (χ3v) is 2.09. The van der Waals surface area contributed by atoms with Crippen molar-refractivity contribution in [2.24, 2.45) is 5.92 Å². The van der Waals surface area contributed by atoms with E-state index in [1.807, 2.05) is 6.92 Å². The number of rotatable bonds is 5. The standard InChI is InChI=1S/C10H18O2/c1-4-6-7-10(12)9(5-2)8(3)11/h6,8-12H,1,5,7H2,2-3H3. The van der Waals surface area contributed by atoms with Crippen molar-refractivity contribution in [3.8, 4) is 0 Å². The maximum absolute atomic E-state index is 9.55. The first kappa shape index (κ1) is 11.4. The second-order valence-corrected chi connectivity index (χ2v) is 3.02. The van der Waals surface area contributed by atoms with E-state index in [2.05, 4.69) is 12.3 Å². The van der Waals surface area contributed by atoms with Crippen LogP contribution in [0.15, 0.2) is 18.4 Å². The maximum Gasteiger partial charge on any atom is 0.0633 e. The lowest BCUT2D eigenvalue weighted by Gasteiger charge is -2.22. The van der Waals surface area contributed by atoms with E-state index in [-0.39, 0.29) is 5.92 Å². The SMILES string of the molecule is C=C=CCC(O)C(CC)C(C)O. The largest absolute Gasteiger partial charge is 0.393 e. The van der Waals surface area contributed by atoms with Gasteiger partial charge in [0.1, 0.15) is 0 Å². The van der Waals surface area contributed by atoms with Gasteiger partial charge in [0.2, 0.25) is 0 Å². The minimum atomic E-state index is -0.482. The number of hydrogen-bond acceptors (Lipinski definition) is 2. The van der Waals surface area contributed by atoms with Gasteiger partial charge in [-0.25, -0.2) is 0 Å². The van der Waals surface area contributed by atoms with Gasteiger partial charge in [0.15, 0.2) is 0 Å². The van der Waals surface area contributed by atoms with E-state index in [9.17, 15) is 10.2 Å². The van der Waals surface area contributed by atoms with Crippen molar-refractivity contribution >= 4 is 0 Å². The molecule has 0 aromatic heterocycles. The zero-order valence-corrected chi connectivity index (χ0v) is 7.83. The average molecular weight is 170 g/mol. The highest BCUT2D eigenvalue weighted by molar-refractivity contribution is 4.83. The summed E-state index contributed by atoms with van der Waals surface area (Å²) in [4.78, 5) is 0. The van der Waals surface area contributed by atoms with Crippen molar-refractivity contribution in [1.82, 2.24) is 0 Å². The summed E-state index contributed by atoms with van der Waals surface area (Å²) in [6, 6.07) is 0. The molecule has 0 spiro atoms. The summed E-state index contributed by atoms with van der Waals surface area (Å²) in [5, 5.41) is 18.8. The molecule has 0 rings (SSSR count). The highest BCUT2D eigenvalue weighted by Gasteiger charge is 2.20. The highest BCUT2D eigenvalue weighted by Crippen LogP contribution is 2.16. The molecule has 0 aliphatic heterocycles. The van der Waals surface area contributed by atoms with Crippen LogP contribution in [0.1, 0.15) is 26.7 Å². The van der Waals surface area contributed by atoms with Gasteiger partial charge in [-0.2, -0.15) is 0 Å². The van der Waals surface area contributed by atoms with Gasteiger partial charge in [0, 0.05) is 5.92 Å².